The van der Waals surface area contributed by atoms with Gasteiger partial charge in [0.15, 0.2) is 0 Å². The number of nitrogens with one attached hydrogen (secondary N) is 1. The number of aromatic nitrogens is 3. The van der Waals surface area contributed by atoms with Crippen molar-refractivity contribution in [1.82, 2.24) is 15.0 Å². The minimum absolute atomic E-state index is 0.215. The lowest BCUT2D eigenvalue weighted by Crippen LogP contribution is -2.11. The van der Waals surface area contributed by atoms with E-state index in [1.165, 1.54) is 0 Å². The fourth-order valence-electron chi connectivity index (χ4n) is 2.87. The van der Waals surface area contributed by atoms with Crippen molar-refractivity contribution in [3.8, 4) is 11.3 Å². The van der Waals surface area contributed by atoms with Gasteiger partial charge in [0.25, 0.3) is 5.91 Å². The zero-order chi connectivity index (χ0) is 19.3. The second-order valence-electron chi connectivity index (χ2n) is 6.33. The molecule has 28 heavy (non-hydrogen) atoms. The van der Waals surface area contributed by atoms with Gasteiger partial charge < -0.3 is 5.32 Å². The number of carbonyl (C=O) groups is 1. The van der Waals surface area contributed by atoms with Crippen molar-refractivity contribution in [2.24, 2.45) is 0 Å². The monoisotopic (exact) mass is 388 g/mol. The quantitative estimate of drug-likeness (QED) is 0.529. The van der Waals surface area contributed by atoms with Crippen LogP contribution >= 0.6 is 11.6 Å². The largest absolute Gasteiger partial charge is 0.322 e. The van der Waals surface area contributed by atoms with E-state index in [-0.39, 0.29) is 5.91 Å². The molecule has 1 amide bonds. The molecule has 0 aliphatic carbocycles. The molecule has 138 valence electrons. The van der Waals surface area contributed by atoms with Gasteiger partial charge in [0.05, 0.1) is 12.7 Å². The van der Waals surface area contributed by atoms with Crippen molar-refractivity contribution in [3.05, 3.63) is 101 Å². The van der Waals surface area contributed by atoms with E-state index in [1.807, 2.05) is 60.8 Å². The Balaban J connectivity index is 1.50. The summed E-state index contributed by atoms with van der Waals surface area (Å²) in [5.74, 6) is -0.215. The van der Waals surface area contributed by atoms with Crippen LogP contribution in [-0.4, -0.2) is 20.9 Å². The first-order chi connectivity index (χ1) is 13.7. The summed E-state index contributed by atoms with van der Waals surface area (Å²) in [6.45, 7) is 0.652. The Labute approximate surface area is 167 Å². The van der Waals surface area contributed by atoms with Gasteiger partial charge in [-0.25, -0.2) is 4.68 Å². The zero-order valence-electron chi connectivity index (χ0n) is 14.9. The van der Waals surface area contributed by atoms with Crippen LogP contribution in [0.3, 0.4) is 0 Å². The van der Waals surface area contributed by atoms with Crippen LogP contribution in [0.25, 0.3) is 11.3 Å². The second kappa shape index (κ2) is 8.06. The highest BCUT2D eigenvalue weighted by Crippen LogP contribution is 2.21. The second-order valence-corrected chi connectivity index (χ2v) is 6.77. The molecule has 3 aromatic carbocycles. The standard InChI is InChI=1S/C22H17ClN4O/c23-19-10-4-9-18(12-19)22(28)24-20-11-5-8-17(13-20)21-15-27(26-25-21)14-16-6-2-1-3-7-16/h1-13,15H,14H2,(H,24,28). The van der Waals surface area contributed by atoms with E-state index in [0.29, 0.717) is 22.8 Å². The van der Waals surface area contributed by atoms with Crippen molar-refractivity contribution in [3.63, 3.8) is 0 Å². The van der Waals surface area contributed by atoms with Crippen LogP contribution in [0, 0.1) is 0 Å². The first-order valence-corrected chi connectivity index (χ1v) is 9.16. The Kier molecular flexibility index (Phi) is 5.17. The Hall–Kier alpha value is -3.44. The summed E-state index contributed by atoms with van der Waals surface area (Å²) in [4.78, 5) is 12.4. The SMILES string of the molecule is O=C(Nc1cccc(-c2cn(Cc3ccccc3)nn2)c1)c1cccc(Cl)c1. The van der Waals surface area contributed by atoms with E-state index < -0.39 is 0 Å². The number of hydrogen-bond acceptors (Lipinski definition) is 3. The molecule has 4 aromatic rings. The van der Waals surface area contributed by atoms with Crippen LogP contribution in [0.15, 0.2) is 85.1 Å². The van der Waals surface area contributed by atoms with Crippen LogP contribution in [0.4, 0.5) is 5.69 Å². The normalized spacial score (nSPS) is 10.6. The number of anilines is 1. The fourth-order valence-corrected chi connectivity index (χ4v) is 3.06. The maximum atomic E-state index is 12.4. The number of hydrogen-bond donors (Lipinski definition) is 1. The summed E-state index contributed by atoms with van der Waals surface area (Å²) in [6.07, 6.45) is 1.89. The maximum absolute atomic E-state index is 12.4. The van der Waals surface area contributed by atoms with Crippen molar-refractivity contribution in [1.29, 1.82) is 0 Å². The van der Waals surface area contributed by atoms with Gasteiger partial charge in [0.2, 0.25) is 0 Å². The lowest BCUT2D eigenvalue weighted by Gasteiger charge is -2.07. The summed E-state index contributed by atoms with van der Waals surface area (Å²) in [6, 6.07) is 24.4. The van der Waals surface area contributed by atoms with Gasteiger partial charge >= 0.3 is 0 Å². The van der Waals surface area contributed by atoms with Crippen molar-refractivity contribution in [2.75, 3.05) is 5.32 Å². The molecule has 0 saturated heterocycles. The number of halogens is 1. The first kappa shape index (κ1) is 17.9. The van der Waals surface area contributed by atoms with Crippen molar-refractivity contribution < 1.29 is 4.79 Å². The van der Waals surface area contributed by atoms with E-state index in [1.54, 1.807) is 28.9 Å². The Morgan fingerprint density at radius 1 is 0.964 bits per heavy atom. The molecule has 0 spiro atoms. The minimum Gasteiger partial charge on any atom is -0.322 e. The Morgan fingerprint density at radius 3 is 2.61 bits per heavy atom. The Bertz CT molecular complexity index is 1110. The summed E-state index contributed by atoms with van der Waals surface area (Å²) < 4.78 is 1.79. The van der Waals surface area contributed by atoms with Gasteiger partial charge in [-0.1, -0.05) is 65.3 Å². The molecule has 0 atom stereocenters. The molecule has 0 bridgehead atoms. The predicted molar refractivity (Wildman–Crippen MR) is 110 cm³/mol. The van der Waals surface area contributed by atoms with Crippen LogP contribution in [0.2, 0.25) is 5.02 Å². The zero-order valence-corrected chi connectivity index (χ0v) is 15.7. The van der Waals surface area contributed by atoms with Crippen LogP contribution in [0.1, 0.15) is 15.9 Å². The van der Waals surface area contributed by atoms with Crippen LogP contribution in [-0.2, 0) is 6.54 Å². The highest BCUT2D eigenvalue weighted by atomic mass is 35.5. The average molecular weight is 389 g/mol. The van der Waals surface area contributed by atoms with Gasteiger partial charge in [-0.3, -0.25) is 4.79 Å². The highest BCUT2D eigenvalue weighted by Gasteiger charge is 2.09. The third-order valence-corrected chi connectivity index (χ3v) is 4.46. The predicted octanol–water partition coefficient (Wildman–Crippen LogP) is 4.90. The molecule has 6 heteroatoms. The van der Waals surface area contributed by atoms with Crippen molar-refractivity contribution >= 4 is 23.2 Å². The summed E-state index contributed by atoms with van der Waals surface area (Å²) in [7, 11) is 0. The minimum atomic E-state index is -0.215. The van der Waals surface area contributed by atoms with Gasteiger partial charge in [-0.2, -0.15) is 0 Å². The molecule has 0 saturated carbocycles. The Morgan fingerprint density at radius 2 is 1.79 bits per heavy atom. The van der Waals surface area contributed by atoms with Crippen molar-refractivity contribution in [2.45, 2.75) is 6.54 Å². The molecule has 1 aromatic heterocycles. The third-order valence-electron chi connectivity index (χ3n) is 4.23. The molecule has 1 N–H and O–H groups in total. The van der Waals surface area contributed by atoms with E-state index >= 15 is 0 Å². The number of benzene rings is 3. The molecule has 0 fully saturated rings. The molecular weight excluding hydrogens is 372 g/mol. The maximum Gasteiger partial charge on any atom is 0.255 e. The van der Waals surface area contributed by atoms with E-state index in [2.05, 4.69) is 15.6 Å². The molecular formula is C22H17ClN4O. The van der Waals surface area contributed by atoms with Gasteiger partial charge in [-0.05, 0) is 35.9 Å². The van der Waals surface area contributed by atoms with E-state index in [4.69, 9.17) is 11.6 Å². The first-order valence-electron chi connectivity index (χ1n) is 8.79. The van der Waals surface area contributed by atoms with Gasteiger partial charge in [0, 0.05) is 21.8 Å². The molecule has 0 aliphatic rings. The molecule has 0 radical (unpaired) electrons. The lowest BCUT2D eigenvalue weighted by molar-refractivity contribution is 0.102. The van der Waals surface area contributed by atoms with Gasteiger partial charge in [-0.15, -0.1) is 5.10 Å². The number of amides is 1. The smallest absolute Gasteiger partial charge is 0.255 e. The number of rotatable bonds is 5. The van der Waals surface area contributed by atoms with Crippen LogP contribution < -0.4 is 5.32 Å². The molecule has 0 aliphatic heterocycles. The summed E-state index contributed by atoms with van der Waals surface area (Å²) >= 11 is 5.96. The summed E-state index contributed by atoms with van der Waals surface area (Å²) in [5.41, 5.74) is 3.96. The summed E-state index contributed by atoms with van der Waals surface area (Å²) in [5, 5.41) is 11.9. The number of carbonyl (C=O) groups excluding carboxylic acids is 1. The van der Waals surface area contributed by atoms with E-state index in [9.17, 15) is 4.79 Å². The third kappa shape index (κ3) is 4.27. The van der Waals surface area contributed by atoms with Crippen LogP contribution in [0.5, 0.6) is 0 Å². The number of nitrogens with zero attached hydrogens (tertiary/aromatic N) is 3. The highest BCUT2D eigenvalue weighted by molar-refractivity contribution is 6.31. The molecule has 0 unspecified atom stereocenters. The topological polar surface area (TPSA) is 59.8 Å². The van der Waals surface area contributed by atoms with Gasteiger partial charge in [0.1, 0.15) is 5.69 Å². The fraction of sp³-hybridized carbons (Fsp3) is 0.0455. The molecule has 5 nitrogen and oxygen atoms in total. The average Bonchev–Trinajstić information content (AvgIpc) is 3.17. The molecule has 1 heterocycles. The lowest BCUT2D eigenvalue weighted by atomic mass is 10.1. The molecule has 4 rings (SSSR count). The van der Waals surface area contributed by atoms with E-state index in [0.717, 1.165) is 16.8 Å².